The van der Waals surface area contributed by atoms with Gasteiger partial charge in [0.1, 0.15) is 0 Å². The molecule has 2 aromatic carbocycles. The molecule has 0 unspecified atom stereocenters. The van der Waals surface area contributed by atoms with Gasteiger partial charge in [-0.15, -0.1) is 0 Å². The minimum atomic E-state index is 0.0811. The van der Waals surface area contributed by atoms with Crippen molar-refractivity contribution in [3.05, 3.63) is 62.0 Å². The molecule has 0 saturated heterocycles. The quantitative estimate of drug-likeness (QED) is 0.338. The van der Waals surface area contributed by atoms with Gasteiger partial charge in [-0.25, -0.2) is 0 Å². The highest BCUT2D eigenvalue weighted by Crippen LogP contribution is 2.55. The van der Waals surface area contributed by atoms with Gasteiger partial charge in [0.2, 0.25) is 0 Å². The van der Waals surface area contributed by atoms with Crippen molar-refractivity contribution in [2.24, 2.45) is 10.8 Å². The summed E-state index contributed by atoms with van der Waals surface area (Å²) >= 11 is 0. The summed E-state index contributed by atoms with van der Waals surface area (Å²) in [7, 11) is 0. The van der Waals surface area contributed by atoms with Crippen molar-refractivity contribution in [1.29, 1.82) is 0 Å². The number of rotatable bonds is 0. The van der Waals surface area contributed by atoms with Gasteiger partial charge in [-0.2, -0.15) is 0 Å². The molecule has 0 aromatic heterocycles. The van der Waals surface area contributed by atoms with Crippen LogP contribution in [0, 0.1) is 10.8 Å². The number of benzene rings is 2. The summed E-state index contributed by atoms with van der Waals surface area (Å²) in [5.41, 5.74) is 15.7. The molecular formula is C33H42. The Kier molecular flexibility index (Phi) is 4.35. The van der Waals surface area contributed by atoms with Gasteiger partial charge in [0.25, 0.3) is 0 Å². The number of hydrogen-bond donors (Lipinski definition) is 0. The van der Waals surface area contributed by atoms with Crippen molar-refractivity contribution in [2.45, 2.75) is 100 Å². The Hall–Kier alpha value is -2.08. The topological polar surface area (TPSA) is 0 Å². The molecule has 0 saturated carbocycles. The number of fused-ring (bicyclic) bond motifs is 5. The van der Waals surface area contributed by atoms with Crippen LogP contribution < -0.4 is 10.4 Å². The normalized spacial score (nSPS) is 19.9. The second-order valence-electron chi connectivity index (χ2n) is 14.1. The lowest BCUT2D eigenvalue weighted by molar-refractivity contribution is 0.557. The van der Waals surface area contributed by atoms with Gasteiger partial charge < -0.3 is 0 Å². The SMILES string of the molecule is CC1=C(C(C)(C)C)c2cc3c(cc2C1(C)C)-c1cc2c(c(C(C)(C)C)c1C3)=C(C)C(C)(C)C=2. The third-order valence-corrected chi connectivity index (χ3v) is 8.98. The molecule has 0 radical (unpaired) electrons. The molecule has 33 heavy (non-hydrogen) atoms. The Morgan fingerprint density at radius 1 is 0.727 bits per heavy atom. The zero-order valence-electron chi connectivity index (χ0n) is 23.0. The van der Waals surface area contributed by atoms with Crippen LogP contribution in [0.4, 0.5) is 0 Å². The van der Waals surface area contributed by atoms with Crippen LogP contribution >= 0.6 is 0 Å². The van der Waals surface area contributed by atoms with E-state index in [4.69, 9.17) is 0 Å². The molecule has 3 aliphatic rings. The van der Waals surface area contributed by atoms with Gasteiger partial charge in [-0.05, 0) is 98.2 Å². The van der Waals surface area contributed by atoms with E-state index in [-0.39, 0.29) is 21.7 Å². The highest BCUT2D eigenvalue weighted by molar-refractivity contribution is 5.89. The molecule has 174 valence electrons. The van der Waals surface area contributed by atoms with E-state index in [1.165, 1.54) is 43.8 Å². The van der Waals surface area contributed by atoms with Crippen molar-refractivity contribution < 1.29 is 0 Å². The molecule has 0 heterocycles. The molecule has 0 N–H and O–H groups in total. The molecule has 2 aromatic rings. The fourth-order valence-corrected chi connectivity index (χ4v) is 6.97. The fourth-order valence-electron chi connectivity index (χ4n) is 6.97. The summed E-state index contributed by atoms with van der Waals surface area (Å²) in [6, 6.07) is 7.64. The summed E-state index contributed by atoms with van der Waals surface area (Å²) in [6.07, 6.45) is 3.56. The van der Waals surface area contributed by atoms with Crippen molar-refractivity contribution in [3.8, 4) is 11.1 Å². The molecule has 0 amide bonds. The first-order chi connectivity index (χ1) is 15.0. The molecule has 0 nitrogen and oxygen atoms in total. The second kappa shape index (κ2) is 6.32. The summed E-state index contributed by atoms with van der Waals surface area (Å²) in [6.45, 7) is 28.6. The first kappa shape index (κ1) is 22.7. The third kappa shape index (κ3) is 2.95. The fraction of sp³-hybridized carbons (Fsp3) is 0.515. The Balaban J connectivity index is 1.84. The molecule has 0 fully saturated rings. The van der Waals surface area contributed by atoms with E-state index >= 15 is 0 Å². The van der Waals surface area contributed by atoms with Crippen LogP contribution in [0.1, 0.15) is 111 Å². The van der Waals surface area contributed by atoms with Crippen molar-refractivity contribution in [2.75, 3.05) is 0 Å². The highest BCUT2D eigenvalue weighted by atomic mass is 14.4. The van der Waals surface area contributed by atoms with E-state index in [0.29, 0.717) is 0 Å². The molecule has 0 heteroatoms. The van der Waals surface area contributed by atoms with E-state index in [0.717, 1.165) is 6.42 Å². The van der Waals surface area contributed by atoms with E-state index in [1.807, 2.05) is 0 Å². The Labute approximate surface area is 201 Å². The Morgan fingerprint density at radius 2 is 1.36 bits per heavy atom. The first-order valence-electron chi connectivity index (χ1n) is 12.8. The van der Waals surface area contributed by atoms with E-state index in [1.54, 1.807) is 22.3 Å². The van der Waals surface area contributed by atoms with Crippen LogP contribution in [0.15, 0.2) is 23.8 Å². The lowest BCUT2D eigenvalue weighted by Crippen LogP contribution is -2.35. The zero-order valence-corrected chi connectivity index (χ0v) is 23.0. The monoisotopic (exact) mass is 438 g/mol. The smallest absolute Gasteiger partial charge is 0.0115 e. The van der Waals surface area contributed by atoms with Crippen LogP contribution in [0.3, 0.4) is 0 Å². The van der Waals surface area contributed by atoms with Crippen molar-refractivity contribution in [1.82, 2.24) is 0 Å². The largest absolute Gasteiger partial charge is 0.0669 e. The summed E-state index contributed by atoms with van der Waals surface area (Å²) in [4.78, 5) is 0. The predicted molar refractivity (Wildman–Crippen MR) is 145 cm³/mol. The van der Waals surface area contributed by atoms with Gasteiger partial charge in [0.15, 0.2) is 0 Å². The molecule has 0 bridgehead atoms. The molecule has 0 atom stereocenters. The zero-order chi connectivity index (χ0) is 24.5. The van der Waals surface area contributed by atoms with Crippen molar-refractivity contribution in [3.63, 3.8) is 0 Å². The second-order valence-corrected chi connectivity index (χ2v) is 14.1. The minimum absolute atomic E-state index is 0.0811. The van der Waals surface area contributed by atoms with Gasteiger partial charge >= 0.3 is 0 Å². The lowest BCUT2D eigenvalue weighted by atomic mass is 9.78. The summed E-state index contributed by atoms with van der Waals surface area (Å²) in [5.74, 6) is 0. The van der Waals surface area contributed by atoms with Gasteiger partial charge in [-0.3, -0.25) is 0 Å². The van der Waals surface area contributed by atoms with Crippen LogP contribution in [0.5, 0.6) is 0 Å². The highest BCUT2D eigenvalue weighted by Gasteiger charge is 2.41. The average molecular weight is 439 g/mol. The maximum absolute atomic E-state index is 2.56. The molecule has 0 aliphatic heterocycles. The third-order valence-electron chi connectivity index (χ3n) is 8.98. The minimum Gasteiger partial charge on any atom is -0.0669 e. The number of allylic oxidation sites excluding steroid dienone is 2. The predicted octanol–water partition coefficient (Wildman–Crippen LogP) is 7.66. The average Bonchev–Trinajstić information content (AvgIpc) is 3.17. The van der Waals surface area contributed by atoms with Crippen LogP contribution in [0.2, 0.25) is 0 Å². The van der Waals surface area contributed by atoms with Gasteiger partial charge in [0.05, 0.1) is 0 Å². The Bertz CT molecular complexity index is 1390. The number of hydrogen-bond acceptors (Lipinski definition) is 0. The summed E-state index contributed by atoms with van der Waals surface area (Å²) in [5, 5.41) is 2.97. The van der Waals surface area contributed by atoms with Crippen LogP contribution in [-0.2, 0) is 17.3 Å². The van der Waals surface area contributed by atoms with E-state index in [9.17, 15) is 0 Å². The summed E-state index contributed by atoms with van der Waals surface area (Å²) < 4.78 is 0. The lowest BCUT2D eigenvalue weighted by Gasteiger charge is -2.26. The van der Waals surface area contributed by atoms with E-state index < -0.39 is 0 Å². The van der Waals surface area contributed by atoms with E-state index in [2.05, 4.69) is 107 Å². The maximum atomic E-state index is 2.56. The first-order valence-corrected chi connectivity index (χ1v) is 12.8. The molecule has 5 rings (SSSR count). The molecular weight excluding hydrogens is 396 g/mol. The molecule has 0 spiro atoms. The van der Waals surface area contributed by atoms with Crippen molar-refractivity contribution >= 4 is 17.2 Å². The van der Waals surface area contributed by atoms with Crippen LogP contribution in [-0.4, -0.2) is 0 Å². The molecule has 3 aliphatic carbocycles. The van der Waals surface area contributed by atoms with Gasteiger partial charge in [-0.1, -0.05) is 92.5 Å². The standard InChI is InChI=1S/C33H42/c1-18-27-21(17-32(18,9)10)15-23-22-16-26-25(28(30(3,4)5)19(2)33(26,11)12)14-20(22)13-24(23)29(27)31(6,7)8/h14-17H,13H2,1-12H3. The Morgan fingerprint density at radius 3 is 1.94 bits per heavy atom. The maximum Gasteiger partial charge on any atom is 0.0115 e. The van der Waals surface area contributed by atoms with Crippen LogP contribution in [0.25, 0.3) is 28.3 Å². The van der Waals surface area contributed by atoms with Gasteiger partial charge in [0, 0.05) is 10.8 Å².